The van der Waals surface area contributed by atoms with E-state index in [0.717, 1.165) is 30.3 Å². The summed E-state index contributed by atoms with van der Waals surface area (Å²) in [6, 6.07) is 8.00. The van der Waals surface area contributed by atoms with Crippen molar-refractivity contribution in [3.63, 3.8) is 0 Å². The summed E-state index contributed by atoms with van der Waals surface area (Å²) in [5, 5.41) is 2.41. The van der Waals surface area contributed by atoms with Crippen molar-refractivity contribution in [3.05, 3.63) is 59.7 Å². The molecule has 134 valence electrons. The average molecular weight is 368 g/mol. The highest BCUT2D eigenvalue weighted by Crippen LogP contribution is 2.20. The second-order valence-corrected chi connectivity index (χ2v) is 7.13. The molecule has 2 aromatic carbocycles. The first-order chi connectivity index (χ1) is 11.8. The monoisotopic (exact) mass is 368 g/mol. The van der Waals surface area contributed by atoms with Crippen molar-refractivity contribution in [2.24, 2.45) is 0 Å². The van der Waals surface area contributed by atoms with E-state index in [-0.39, 0.29) is 23.7 Å². The van der Waals surface area contributed by atoms with Crippen LogP contribution >= 0.6 is 0 Å². The third kappa shape index (κ3) is 4.21. The van der Waals surface area contributed by atoms with Gasteiger partial charge in [0.25, 0.3) is 5.91 Å². The van der Waals surface area contributed by atoms with E-state index < -0.39 is 33.1 Å². The van der Waals surface area contributed by atoms with Gasteiger partial charge in [-0.25, -0.2) is 17.2 Å². The van der Waals surface area contributed by atoms with E-state index in [0.29, 0.717) is 0 Å². The molecule has 2 rings (SSSR count). The summed E-state index contributed by atoms with van der Waals surface area (Å²) in [7, 11) is -3.82. The maximum atomic E-state index is 14.0. The molecule has 0 saturated carbocycles. The standard InChI is InChI=1S/C17H18F2N2O3S/c1-3-21(4-2)25(23,24)14-9-10-16(19)15(11-14)17(22)20-13-7-5-12(18)6-8-13/h5-11H,3-4H2,1-2H3,(H,20,22). The molecule has 0 unspecified atom stereocenters. The number of nitrogens with zero attached hydrogens (tertiary/aromatic N) is 1. The van der Waals surface area contributed by atoms with Gasteiger partial charge in [-0.3, -0.25) is 4.79 Å². The zero-order valence-electron chi connectivity index (χ0n) is 13.8. The van der Waals surface area contributed by atoms with E-state index >= 15 is 0 Å². The van der Waals surface area contributed by atoms with Crippen LogP contribution in [0, 0.1) is 11.6 Å². The lowest BCUT2D eigenvalue weighted by molar-refractivity contribution is 0.102. The van der Waals surface area contributed by atoms with Crippen molar-refractivity contribution in [2.45, 2.75) is 18.7 Å². The van der Waals surface area contributed by atoms with Gasteiger partial charge in [0.15, 0.2) is 0 Å². The van der Waals surface area contributed by atoms with Crippen LogP contribution in [-0.4, -0.2) is 31.7 Å². The largest absolute Gasteiger partial charge is 0.322 e. The minimum atomic E-state index is -3.82. The number of hydrogen-bond acceptors (Lipinski definition) is 3. The number of amides is 1. The highest BCUT2D eigenvalue weighted by molar-refractivity contribution is 7.89. The molecular formula is C17H18F2N2O3S. The van der Waals surface area contributed by atoms with Crippen molar-refractivity contribution in [3.8, 4) is 0 Å². The zero-order chi connectivity index (χ0) is 18.6. The quantitative estimate of drug-likeness (QED) is 0.851. The molecule has 25 heavy (non-hydrogen) atoms. The molecule has 1 amide bonds. The average Bonchev–Trinajstić information content (AvgIpc) is 2.58. The Morgan fingerprint density at radius 3 is 2.20 bits per heavy atom. The van der Waals surface area contributed by atoms with Gasteiger partial charge in [0, 0.05) is 18.8 Å². The summed E-state index contributed by atoms with van der Waals surface area (Å²) in [5.74, 6) is -2.14. The maximum absolute atomic E-state index is 14.0. The number of anilines is 1. The van der Waals surface area contributed by atoms with Crippen LogP contribution in [0.3, 0.4) is 0 Å². The summed E-state index contributed by atoms with van der Waals surface area (Å²) in [4.78, 5) is 12.1. The van der Waals surface area contributed by atoms with Gasteiger partial charge in [-0.2, -0.15) is 4.31 Å². The molecule has 0 heterocycles. The van der Waals surface area contributed by atoms with Crippen LogP contribution in [0.2, 0.25) is 0 Å². The molecule has 0 aliphatic carbocycles. The number of sulfonamides is 1. The van der Waals surface area contributed by atoms with Crippen LogP contribution in [0.5, 0.6) is 0 Å². The number of carbonyl (C=O) groups excluding carboxylic acids is 1. The predicted octanol–water partition coefficient (Wildman–Crippen LogP) is 3.25. The number of nitrogens with one attached hydrogen (secondary N) is 1. The minimum absolute atomic E-state index is 0.165. The Bertz CT molecular complexity index is 864. The molecule has 0 saturated heterocycles. The number of rotatable bonds is 6. The number of halogens is 2. The number of benzene rings is 2. The Morgan fingerprint density at radius 2 is 1.64 bits per heavy atom. The Morgan fingerprint density at radius 1 is 1.04 bits per heavy atom. The van der Waals surface area contributed by atoms with Crippen LogP contribution in [0.15, 0.2) is 47.4 Å². The molecule has 0 bridgehead atoms. The van der Waals surface area contributed by atoms with E-state index in [1.165, 1.54) is 16.4 Å². The van der Waals surface area contributed by atoms with Gasteiger partial charge >= 0.3 is 0 Å². The summed E-state index contributed by atoms with van der Waals surface area (Å²) in [6.45, 7) is 3.89. The molecule has 2 aromatic rings. The second kappa shape index (κ2) is 7.71. The molecule has 5 nitrogen and oxygen atoms in total. The summed E-state index contributed by atoms with van der Waals surface area (Å²) in [6.07, 6.45) is 0. The Balaban J connectivity index is 2.35. The molecule has 0 aliphatic rings. The molecule has 1 N–H and O–H groups in total. The molecule has 0 aliphatic heterocycles. The zero-order valence-corrected chi connectivity index (χ0v) is 14.6. The molecule has 0 radical (unpaired) electrons. The Hall–Kier alpha value is -2.32. The lowest BCUT2D eigenvalue weighted by atomic mass is 10.2. The van der Waals surface area contributed by atoms with Gasteiger partial charge in [-0.1, -0.05) is 13.8 Å². The van der Waals surface area contributed by atoms with Crippen LogP contribution in [-0.2, 0) is 10.0 Å². The normalized spacial score (nSPS) is 11.6. The topological polar surface area (TPSA) is 66.5 Å². The third-order valence-corrected chi connectivity index (χ3v) is 5.67. The van der Waals surface area contributed by atoms with Gasteiger partial charge in [0.05, 0.1) is 10.5 Å². The maximum Gasteiger partial charge on any atom is 0.258 e. The van der Waals surface area contributed by atoms with Gasteiger partial charge in [-0.05, 0) is 42.5 Å². The van der Waals surface area contributed by atoms with E-state index in [1.807, 2.05) is 0 Å². The summed E-state index contributed by atoms with van der Waals surface area (Å²) in [5.41, 5.74) is -0.139. The Labute approximate surface area is 145 Å². The van der Waals surface area contributed by atoms with Crippen LogP contribution < -0.4 is 5.32 Å². The summed E-state index contributed by atoms with van der Waals surface area (Å²) >= 11 is 0. The van der Waals surface area contributed by atoms with Crippen molar-refractivity contribution in [2.75, 3.05) is 18.4 Å². The van der Waals surface area contributed by atoms with Crippen LogP contribution in [0.1, 0.15) is 24.2 Å². The van der Waals surface area contributed by atoms with Crippen LogP contribution in [0.25, 0.3) is 0 Å². The second-order valence-electron chi connectivity index (χ2n) is 5.19. The van der Waals surface area contributed by atoms with Crippen LogP contribution in [0.4, 0.5) is 14.5 Å². The van der Waals surface area contributed by atoms with E-state index in [1.54, 1.807) is 13.8 Å². The smallest absolute Gasteiger partial charge is 0.258 e. The fourth-order valence-corrected chi connectivity index (χ4v) is 3.77. The molecule has 8 heteroatoms. The summed E-state index contributed by atoms with van der Waals surface area (Å²) < 4.78 is 53.1. The van der Waals surface area contributed by atoms with Crippen molar-refractivity contribution in [1.29, 1.82) is 0 Å². The predicted molar refractivity (Wildman–Crippen MR) is 90.9 cm³/mol. The molecule has 0 spiro atoms. The molecular weight excluding hydrogens is 350 g/mol. The third-order valence-electron chi connectivity index (χ3n) is 3.63. The van der Waals surface area contributed by atoms with Crippen molar-refractivity contribution >= 4 is 21.6 Å². The van der Waals surface area contributed by atoms with Crippen molar-refractivity contribution < 1.29 is 22.0 Å². The lowest BCUT2D eigenvalue weighted by Crippen LogP contribution is -2.31. The van der Waals surface area contributed by atoms with Gasteiger partial charge in [0.1, 0.15) is 11.6 Å². The fourth-order valence-electron chi connectivity index (χ4n) is 2.28. The lowest BCUT2D eigenvalue weighted by Gasteiger charge is -2.19. The van der Waals surface area contributed by atoms with E-state index in [4.69, 9.17) is 0 Å². The first-order valence-corrected chi connectivity index (χ1v) is 9.10. The highest BCUT2D eigenvalue weighted by Gasteiger charge is 2.24. The van der Waals surface area contributed by atoms with Gasteiger partial charge < -0.3 is 5.32 Å². The number of carbonyl (C=O) groups is 1. The first kappa shape index (κ1) is 19.0. The first-order valence-electron chi connectivity index (χ1n) is 7.66. The molecule has 0 fully saturated rings. The molecule has 0 atom stereocenters. The Kier molecular flexibility index (Phi) is 5.86. The minimum Gasteiger partial charge on any atom is -0.322 e. The highest BCUT2D eigenvalue weighted by atomic mass is 32.2. The van der Waals surface area contributed by atoms with Gasteiger partial charge in [0.2, 0.25) is 10.0 Å². The number of hydrogen-bond donors (Lipinski definition) is 1. The van der Waals surface area contributed by atoms with E-state index in [2.05, 4.69) is 5.32 Å². The van der Waals surface area contributed by atoms with Crippen molar-refractivity contribution in [1.82, 2.24) is 4.31 Å². The molecule has 0 aromatic heterocycles. The fraction of sp³-hybridized carbons (Fsp3) is 0.235. The van der Waals surface area contributed by atoms with E-state index in [9.17, 15) is 22.0 Å². The SMILES string of the molecule is CCN(CC)S(=O)(=O)c1ccc(F)c(C(=O)Nc2ccc(F)cc2)c1. The van der Waals surface area contributed by atoms with Gasteiger partial charge in [-0.15, -0.1) is 0 Å².